The number of hydrogen-bond acceptors (Lipinski definition) is 2. The number of nitrogens with one attached hydrogen (secondary N) is 1. The molecule has 2 rings (SSSR count). The molecule has 0 aromatic carbocycles. The van der Waals surface area contributed by atoms with Crippen LogP contribution in [0.4, 0.5) is 0 Å². The Morgan fingerprint density at radius 2 is 2.00 bits per heavy atom. The predicted octanol–water partition coefficient (Wildman–Crippen LogP) is 3.50. The van der Waals surface area contributed by atoms with Crippen molar-refractivity contribution < 1.29 is 4.74 Å². The monoisotopic (exact) mass is 239 g/mol. The van der Waals surface area contributed by atoms with Crippen LogP contribution in [0.2, 0.25) is 0 Å². The van der Waals surface area contributed by atoms with Crippen LogP contribution in [0.3, 0.4) is 0 Å². The first-order chi connectivity index (χ1) is 8.38. The molecule has 3 atom stereocenters. The minimum absolute atomic E-state index is 0.552. The van der Waals surface area contributed by atoms with Gasteiger partial charge in [0.2, 0.25) is 0 Å². The van der Waals surface area contributed by atoms with Gasteiger partial charge in [-0.15, -0.1) is 0 Å². The summed E-state index contributed by atoms with van der Waals surface area (Å²) in [4.78, 5) is 0. The number of hydrogen-bond donors (Lipinski definition) is 1. The van der Waals surface area contributed by atoms with Gasteiger partial charge in [0.1, 0.15) is 0 Å². The van der Waals surface area contributed by atoms with Crippen LogP contribution in [0, 0.1) is 5.92 Å². The topological polar surface area (TPSA) is 21.3 Å². The van der Waals surface area contributed by atoms with E-state index in [0.717, 1.165) is 25.1 Å². The van der Waals surface area contributed by atoms with Crippen molar-refractivity contribution in [2.24, 2.45) is 5.92 Å². The molecule has 1 aliphatic heterocycles. The molecular weight excluding hydrogens is 210 g/mol. The summed E-state index contributed by atoms with van der Waals surface area (Å²) in [6.45, 7) is 4.49. The molecule has 100 valence electrons. The first-order valence-electron chi connectivity index (χ1n) is 7.73. The first kappa shape index (κ1) is 13.4. The Labute approximate surface area is 107 Å². The molecule has 2 nitrogen and oxygen atoms in total. The molecule has 1 heterocycles. The van der Waals surface area contributed by atoms with Crippen molar-refractivity contribution >= 4 is 0 Å². The fourth-order valence-electron chi connectivity index (χ4n) is 3.31. The molecule has 0 radical (unpaired) electrons. The minimum Gasteiger partial charge on any atom is -0.378 e. The van der Waals surface area contributed by atoms with Crippen LogP contribution in [-0.2, 0) is 4.74 Å². The maximum absolute atomic E-state index is 5.66. The number of ether oxygens (including phenoxy) is 1. The van der Waals surface area contributed by atoms with Gasteiger partial charge in [-0.2, -0.15) is 0 Å². The van der Waals surface area contributed by atoms with E-state index in [1.54, 1.807) is 0 Å². The van der Waals surface area contributed by atoms with E-state index < -0.39 is 0 Å². The normalized spacial score (nSPS) is 34.8. The van der Waals surface area contributed by atoms with Gasteiger partial charge in [-0.05, 0) is 51.0 Å². The van der Waals surface area contributed by atoms with Gasteiger partial charge < -0.3 is 10.1 Å². The smallest absolute Gasteiger partial charge is 0.0588 e. The summed E-state index contributed by atoms with van der Waals surface area (Å²) in [5.41, 5.74) is 0. The average Bonchev–Trinajstić information content (AvgIpc) is 2.75. The van der Waals surface area contributed by atoms with Gasteiger partial charge >= 0.3 is 0 Å². The molecular formula is C15H29NO. The molecule has 0 bridgehead atoms. The first-order valence-corrected chi connectivity index (χ1v) is 7.73. The lowest BCUT2D eigenvalue weighted by molar-refractivity contribution is 0.103. The fourth-order valence-corrected chi connectivity index (χ4v) is 3.31. The van der Waals surface area contributed by atoms with E-state index in [1.165, 1.54) is 57.8 Å². The van der Waals surface area contributed by atoms with Crippen molar-refractivity contribution in [1.82, 2.24) is 5.32 Å². The van der Waals surface area contributed by atoms with Crippen LogP contribution in [0.15, 0.2) is 0 Å². The van der Waals surface area contributed by atoms with Crippen LogP contribution in [0.5, 0.6) is 0 Å². The average molecular weight is 239 g/mol. The van der Waals surface area contributed by atoms with E-state index in [4.69, 9.17) is 4.74 Å². The van der Waals surface area contributed by atoms with E-state index in [9.17, 15) is 0 Å². The van der Waals surface area contributed by atoms with Gasteiger partial charge in [-0.25, -0.2) is 0 Å². The molecule has 2 heteroatoms. The lowest BCUT2D eigenvalue weighted by Crippen LogP contribution is -2.31. The summed E-state index contributed by atoms with van der Waals surface area (Å²) in [5.74, 6) is 1.000. The van der Waals surface area contributed by atoms with Gasteiger partial charge in [0.15, 0.2) is 0 Å². The van der Waals surface area contributed by atoms with Gasteiger partial charge in [-0.3, -0.25) is 0 Å². The van der Waals surface area contributed by atoms with Crippen molar-refractivity contribution in [1.29, 1.82) is 0 Å². The van der Waals surface area contributed by atoms with Gasteiger partial charge in [0, 0.05) is 12.6 Å². The second-order valence-electron chi connectivity index (χ2n) is 5.86. The Hall–Kier alpha value is -0.0800. The predicted molar refractivity (Wildman–Crippen MR) is 72.2 cm³/mol. The third-order valence-corrected chi connectivity index (χ3v) is 4.59. The van der Waals surface area contributed by atoms with E-state index >= 15 is 0 Å². The van der Waals surface area contributed by atoms with Gasteiger partial charge in [0.05, 0.1) is 6.10 Å². The largest absolute Gasteiger partial charge is 0.378 e. The van der Waals surface area contributed by atoms with E-state index in [-0.39, 0.29) is 0 Å². The van der Waals surface area contributed by atoms with Crippen molar-refractivity contribution in [3.8, 4) is 0 Å². The second-order valence-corrected chi connectivity index (χ2v) is 5.86. The zero-order valence-electron chi connectivity index (χ0n) is 11.4. The van der Waals surface area contributed by atoms with Crippen LogP contribution in [0.25, 0.3) is 0 Å². The van der Waals surface area contributed by atoms with E-state index in [1.807, 2.05) is 0 Å². The maximum atomic E-state index is 5.66. The third kappa shape index (κ3) is 4.59. The molecule has 3 unspecified atom stereocenters. The highest BCUT2D eigenvalue weighted by Gasteiger charge is 2.19. The molecule has 2 aliphatic rings. The van der Waals surface area contributed by atoms with Gasteiger partial charge in [-0.1, -0.05) is 26.2 Å². The molecule has 17 heavy (non-hydrogen) atoms. The molecule has 1 N–H and O–H groups in total. The standard InChI is InChI=1S/C15H29NO/c1-2-13-5-3-6-14(9-8-13)16-11-10-15-7-4-12-17-15/h13-16H,2-12H2,1H3. The Bertz CT molecular complexity index is 201. The Kier molecular flexibility index (Phi) is 5.79. The summed E-state index contributed by atoms with van der Waals surface area (Å²) in [5, 5.41) is 3.75. The molecule has 0 aromatic rings. The van der Waals surface area contributed by atoms with Crippen LogP contribution in [0.1, 0.15) is 64.7 Å². The second kappa shape index (κ2) is 7.38. The summed E-state index contributed by atoms with van der Waals surface area (Å²) in [6, 6.07) is 0.785. The highest BCUT2D eigenvalue weighted by atomic mass is 16.5. The fraction of sp³-hybridized carbons (Fsp3) is 1.00. The SMILES string of the molecule is CCC1CCCC(NCCC2CCCO2)CC1. The van der Waals surface area contributed by atoms with Crippen LogP contribution >= 0.6 is 0 Å². The quantitative estimate of drug-likeness (QED) is 0.741. The third-order valence-electron chi connectivity index (χ3n) is 4.59. The molecule has 1 aliphatic carbocycles. The zero-order chi connectivity index (χ0) is 11.9. The molecule has 0 aromatic heterocycles. The van der Waals surface area contributed by atoms with Crippen molar-refractivity contribution in [2.75, 3.05) is 13.2 Å². The molecule has 1 saturated heterocycles. The highest BCUT2D eigenvalue weighted by Crippen LogP contribution is 2.25. The Morgan fingerprint density at radius 3 is 2.76 bits per heavy atom. The van der Waals surface area contributed by atoms with E-state index in [2.05, 4.69) is 12.2 Å². The zero-order valence-corrected chi connectivity index (χ0v) is 11.4. The summed E-state index contributed by atoms with van der Waals surface area (Å²) >= 11 is 0. The molecule has 2 fully saturated rings. The summed E-state index contributed by atoms with van der Waals surface area (Å²) in [7, 11) is 0. The summed E-state index contributed by atoms with van der Waals surface area (Å²) in [6.07, 6.45) is 12.8. The van der Waals surface area contributed by atoms with Crippen LogP contribution < -0.4 is 5.32 Å². The highest BCUT2D eigenvalue weighted by molar-refractivity contribution is 4.75. The Balaban J connectivity index is 1.58. The molecule has 1 saturated carbocycles. The van der Waals surface area contributed by atoms with Gasteiger partial charge in [0.25, 0.3) is 0 Å². The van der Waals surface area contributed by atoms with Crippen molar-refractivity contribution in [3.05, 3.63) is 0 Å². The Morgan fingerprint density at radius 1 is 1.06 bits per heavy atom. The van der Waals surface area contributed by atoms with Crippen molar-refractivity contribution in [2.45, 2.75) is 76.9 Å². The van der Waals surface area contributed by atoms with E-state index in [0.29, 0.717) is 6.10 Å². The molecule has 0 spiro atoms. The van der Waals surface area contributed by atoms with Crippen LogP contribution in [-0.4, -0.2) is 25.3 Å². The molecule has 0 amide bonds. The van der Waals surface area contributed by atoms with Crippen molar-refractivity contribution in [3.63, 3.8) is 0 Å². The lowest BCUT2D eigenvalue weighted by atomic mass is 9.98. The number of rotatable bonds is 5. The summed E-state index contributed by atoms with van der Waals surface area (Å²) < 4.78 is 5.66. The lowest BCUT2D eigenvalue weighted by Gasteiger charge is -2.18. The minimum atomic E-state index is 0.552. The maximum Gasteiger partial charge on any atom is 0.0588 e.